The standard InChI is InChI=1S/C20H21N3O2/c24-18(23-13-20(14-23)12-21-19(25)22-20)11-17(15-7-3-1-4-8-15)16-9-5-2-6-10-16/h1-10,17H,11-14H2,(H2,21,22,25). The van der Waals surface area contributed by atoms with Crippen LogP contribution >= 0.6 is 0 Å². The lowest BCUT2D eigenvalue weighted by Crippen LogP contribution is -2.70. The molecule has 2 aliphatic heterocycles. The molecule has 2 N–H and O–H groups in total. The molecule has 5 heteroatoms. The zero-order valence-corrected chi connectivity index (χ0v) is 13.9. The van der Waals surface area contributed by atoms with E-state index in [-0.39, 0.29) is 23.4 Å². The Hall–Kier alpha value is -2.82. The Bertz CT molecular complexity index is 731. The van der Waals surface area contributed by atoms with Gasteiger partial charge in [0, 0.05) is 32.0 Å². The number of hydrogen-bond donors (Lipinski definition) is 2. The van der Waals surface area contributed by atoms with E-state index in [1.807, 2.05) is 41.3 Å². The summed E-state index contributed by atoms with van der Waals surface area (Å²) < 4.78 is 0. The topological polar surface area (TPSA) is 61.4 Å². The molecule has 1 spiro atoms. The lowest BCUT2D eigenvalue weighted by molar-refractivity contribution is -0.139. The van der Waals surface area contributed by atoms with Crippen molar-refractivity contribution in [1.29, 1.82) is 0 Å². The summed E-state index contributed by atoms with van der Waals surface area (Å²) in [6.45, 7) is 1.76. The Kier molecular flexibility index (Phi) is 3.92. The lowest BCUT2D eigenvalue weighted by Gasteiger charge is -2.47. The molecule has 4 rings (SSSR count). The molecule has 2 saturated heterocycles. The number of likely N-dealkylation sites (tertiary alicyclic amines) is 1. The summed E-state index contributed by atoms with van der Waals surface area (Å²) in [5.74, 6) is 0.173. The third kappa shape index (κ3) is 3.09. The first kappa shape index (κ1) is 15.7. The predicted octanol–water partition coefficient (Wildman–Crippen LogP) is 2.10. The summed E-state index contributed by atoms with van der Waals surface area (Å²) >= 11 is 0. The van der Waals surface area contributed by atoms with Crippen LogP contribution in [0.2, 0.25) is 0 Å². The molecule has 0 unspecified atom stereocenters. The Morgan fingerprint density at radius 1 is 1.00 bits per heavy atom. The summed E-state index contributed by atoms with van der Waals surface area (Å²) in [4.78, 5) is 26.0. The SMILES string of the molecule is O=C1NCC2(CN(C(=O)CC(c3ccccc3)c3ccccc3)C2)N1. The molecule has 0 atom stereocenters. The zero-order chi connectivity index (χ0) is 17.3. The molecule has 2 fully saturated rings. The molecule has 0 bridgehead atoms. The van der Waals surface area contributed by atoms with E-state index in [9.17, 15) is 9.59 Å². The van der Waals surface area contributed by atoms with E-state index >= 15 is 0 Å². The van der Waals surface area contributed by atoms with Gasteiger partial charge in [0.15, 0.2) is 0 Å². The second kappa shape index (κ2) is 6.24. The summed E-state index contributed by atoms with van der Waals surface area (Å²) in [5.41, 5.74) is 2.03. The van der Waals surface area contributed by atoms with Gasteiger partial charge in [-0.15, -0.1) is 0 Å². The fraction of sp³-hybridized carbons (Fsp3) is 0.300. The van der Waals surface area contributed by atoms with Crippen LogP contribution in [0, 0.1) is 0 Å². The van der Waals surface area contributed by atoms with Gasteiger partial charge in [0.1, 0.15) is 0 Å². The fourth-order valence-electron chi connectivity index (χ4n) is 3.73. The molecule has 2 aromatic rings. The fourth-order valence-corrected chi connectivity index (χ4v) is 3.73. The van der Waals surface area contributed by atoms with E-state index in [2.05, 4.69) is 34.9 Å². The molecule has 128 valence electrons. The van der Waals surface area contributed by atoms with Crippen molar-refractivity contribution in [2.75, 3.05) is 19.6 Å². The minimum Gasteiger partial charge on any atom is -0.338 e. The average Bonchev–Trinajstić information content (AvgIpc) is 3.02. The van der Waals surface area contributed by atoms with Gasteiger partial charge in [-0.25, -0.2) is 4.79 Å². The molecule has 0 aromatic heterocycles. The lowest BCUT2D eigenvalue weighted by atomic mass is 9.86. The van der Waals surface area contributed by atoms with Gasteiger partial charge in [-0.1, -0.05) is 60.7 Å². The van der Waals surface area contributed by atoms with Gasteiger partial charge in [-0.3, -0.25) is 4.79 Å². The average molecular weight is 335 g/mol. The number of amides is 3. The summed E-state index contributed by atoms with van der Waals surface area (Å²) in [6, 6.07) is 20.2. The molecule has 0 saturated carbocycles. The Morgan fingerprint density at radius 2 is 1.56 bits per heavy atom. The van der Waals surface area contributed by atoms with Gasteiger partial charge >= 0.3 is 6.03 Å². The number of carbonyl (C=O) groups excluding carboxylic acids is 2. The third-order valence-corrected chi connectivity index (χ3v) is 5.09. The van der Waals surface area contributed by atoms with Gasteiger partial charge in [0.05, 0.1) is 5.54 Å². The van der Waals surface area contributed by atoms with E-state index in [0.717, 1.165) is 11.1 Å². The first-order valence-corrected chi connectivity index (χ1v) is 8.59. The largest absolute Gasteiger partial charge is 0.338 e. The number of rotatable bonds is 4. The van der Waals surface area contributed by atoms with E-state index in [1.165, 1.54) is 0 Å². The summed E-state index contributed by atoms with van der Waals surface area (Å²) in [5, 5.41) is 5.70. The highest BCUT2D eigenvalue weighted by Gasteiger charge is 2.49. The first-order valence-electron chi connectivity index (χ1n) is 8.59. The van der Waals surface area contributed by atoms with Gasteiger partial charge in [0.25, 0.3) is 0 Å². The van der Waals surface area contributed by atoms with E-state index in [1.54, 1.807) is 0 Å². The minimum atomic E-state index is -0.262. The normalized spacial score (nSPS) is 18.0. The van der Waals surface area contributed by atoms with Crippen molar-refractivity contribution in [3.05, 3.63) is 71.8 Å². The van der Waals surface area contributed by atoms with Crippen molar-refractivity contribution in [2.45, 2.75) is 17.9 Å². The third-order valence-electron chi connectivity index (χ3n) is 5.09. The number of carbonyl (C=O) groups is 2. The van der Waals surface area contributed by atoms with Crippen molar-refractivity contribution >= 4 is 11.9 Å². The molecular formula is C20H21N3O2. The molecule has 2 heterocycles. The van der Waals surface area contributed by atoms with Crippen LogP contribution in [0.1, 0.15) is 23.5 Å². The highest BCUT2D eigenvalue weighted by molar-refractivity contribution is 5.82. The van der Waals surface area contributed by atoms with E-state index in [4.69, 9.17) is 0 Å². The molecule has 2 aliphatic rings. The maximum atomic E-state index is 12.8. The Balaban J connectivity index is 1.48. The number of hydrogen-bond acceptors (Lipinski definition) is 2. The second-order valence-corrected chi connectivity index (χ2v) is 6.92. The van der Waals surface area contributed by atoms with Crippen molar-refractivity contribution in [3.63, 3.8) is 0 Å². The van der Waals surface area contributed by atoms with Gasteiger partial charge in [-0.05, 0) is 11.1 Å². The maximum Gasteiger partial charge on any atom is 0.315 e. The molecule has 5 nitrogen and oxygen atoms in total. The number of benzene rings is 2. The second-order valence-electron chi connectivity index (χ2n) is 6.92. The maximum absolute atomic E-state index is 12.8. The molecule has 2 aromatic carbocycles. The van der Waals surface area contributed by atoms with Crippen molar-refractivity contribution in [3.8, 4) is 0 Å². The predicted molar refractivity (Wildman–Crippen MR) is 95.2 cm³/mol. The van der Waals surface area contributed by atoms with Crippen molar-refractivity contribution in [1.82, 2.24) is 15.5 Å². The van der Waals surface area contributed by atoms with Crippen LogP contribution < -0.4 is 10.6 Å². The quantitative estimate of drug-likeness (QED) is 0.899. The van der Waals surface area contributed by atoms with Gasteiger partial charge in [-0.2, -0.15) is 0 Å². The van der Waals surface area contributed by atoms with Crippen LogP contribution in [-0.4, -0.2) is 42.0 Å². The Morgan fingerprint density at radius 3 is 2.04 bits per heavy atom. The highest BCUT2D eigenvalue weighted by atomic mass is 16.2. The van der Waals surface area contributed by atoms with Crippen molar-refractivity contribution in [2.24, 2.45) is 0 Å². The van der Waals surface area contributed by atoms with Crippen LogP contribution in [-0.2, 0) is 4.79 Å². The molecule has 0 radical (unpaired) electrons. The van der Waals surface area contributed by atoms with Crippen LogP contribution in [0.25, 0.3) is 0 Å². The van der Waals surface area contributed by atoms with Crippen molar-refractivity contribution < 1.29 is 9.59 Å². The number of urea groups is 1. The van der Waals surface area contributed by atoms with Crippen LogP contribution in [0.5, 0.6) is 0 Å². The number of nitrogens with zero attached hydrogens (tertiary/aromatic N) is 1. The van der Waals surface area contributed by atoms with E-state index in [0.29, 0.717) is 26.1 Å². The summed E-state index contributed by atoms with van der Waals surface area (Å²) in [6.07, 6.45) is 0.436. The highest BCUT2D eigenvalue weighted by Crippen LogP contribution is 2.31. The molecular weight excluding hydrogens is 314 g/mol. The van der Waals surface area contributed by atoms with Gasteiger partial charge in [0.2, 0.25) is 5.91 Å². The van der Waals surface area contributed by atoms with E-state index < -0.39 is 0 Å². The van der Waals surface area contributed by atoms with Crippen LogP contribution in [0.4, 0.5) is 4.79 Å². The molecule has 3 amide bonds. The van der Waals surface area contributed by atoms with Crippen LogP contribution in [0.15, 0.2) is 60.7 Å². The smallest absolute Gasteiger partial charge is 0.315 e. The Labute approximate surface area is 147 Å². The molecule has 0 aliphatic carbocycles. The summed E-state index contributed by atoms with van der Waals surface area (Å²) in [7, 11) is 0. The minimum absolute atomic E-state index is 0.0442. The number of nitrogens with one attached hydrogen (secondary N) is 2. The van der Waals surface area contributed by atoms with Crippen LogP contribution in [0.3, 0.4) is 0 Å². The van der Waals surface area contributed by atoms with Gasteiger partial charge < -0.3 is 15.5 Å². The molecule has 25 heavy (non-hydrogen) atoms. The first-order chi connectivity index (χ1) is 12.2. The zero-order valence-electron chi connectivity index (χ0n) is 13.9. The monoisotopic (exact) mass is 335 g/mol.